The van der Waals surface area contributed by atoms with Crippen molar-refractivity contribution in [3.8, 4) is 0 Å². The van der Waals surface area contributed by atoms with Crippen LogP contribution in [0.4, 0.5) is 0 Å². The minimum absolute atomic E-state index is 0.106. The largest absolute Gasteiger partial charge is 0.512 e. The van der Waals surface area contributed by atoms with E-state index < -0.39 is 0 Å². The monoisotopic (exact) mass is 378 g/mol. The van der Waals surface area contributed by atoms with Crippen LogP contribution in [0.3, 0.4) is 0 Å². The molecule has 3 N–H and O–H groups in total. The predicted octanol–water partition coefficient (Wildman–Crippen LogP) is 5.92. The normalized spacial score (nSPS) is 29.4. The molecule has 4 atom stereocenters. The van der Waals surface area contributed by atoms with Crippen molar-refractivity contribution in [1.29, 1.82) is 0 Å². The lowest BCUT2D eigenvalue weighted by Gasteiger charge is -2.40. The summed E-state index contributed by atoms with van der Waals surface area (Å²) in [6.07, 6.45) is 15.7. The summed E-state index contributed by atoms with van der Waals surface area (Å²) in [4.78, 5) is 0. The first-order valence-corrected chi connectivity index (χ1v) is 11.3. The predicted molar refractivity (Wildman–Crippen MR) is 113 cm³/mol. The summed E-state index contributed by atoms with van der Waals surface area (Å²) in [5, 5.41) is 30.3. The van der Waals surface area contributed by atoms with E-state index >= 15 is 0 Å². The number of hydrogen-bond donors (Lipinski definition) is 3. The van der Waals surface area contributed by atoms with Gasteiger partial charge in [0.15, 0.2) is 0 Å². The van der Waals surface area contributed by atoms with Crippen LogP contribution in [-0.2, 0) is 0 Å². The molecule has 1 saturated carbocycles. The van der Waals surface area contributed by atoms with E-state index in [9.17, 15) is 15.3 Å². The Labute approximate surface area is 166 Å². The summed E-state index contributed by atoms with van der Waals surface area (Å²) in [5.74, 6) is 1.46. The second-order valence-corrected chi connectivity index (χ2v) is 9.52. The third-order valence-electron chi connectivity index (χ3n) is 6.98. The first-order valence-electron chi connectivity index (χ1n) is 11.3. The molecule has 0 aromatic rings. The smallest absolute Gasteiger partial charge is 0.0962 e. The zero-order chi connectivity index (χ0) is 19.9. The van der Waals surface area contributed by atoms with Gasteiger partial charge >= 0.3 is 0 Å². The Morgan fingerprint density at radius 1 is 1.11 bits per heavy atom. The van der Waals surface area contributed by atoms with E-state index in [0.717, 1.165) is 44.9 Å². The van der Waals surface area contributed by atoms with E-state index in [4.69, 9.17) is 0 Å². The maximum absolute atomic E-state index is 10.9. The molecule has 1 fully saturated rings. The van der Waals surface area contributed by atoms with Gasteiger partial charge in [-0.3, -0.25) is 0 Å². The van der Waals surface area contributed by atoms with E-state index in [1.807, 2.05) is 6.08 Å². The van der Waals surface area contributed by atoms with Crippen molar-refractivity contribution >= 4 is 0 Å². The van der Waals surface area contributed by atoms with E-state index in [1.54, 1.807) is 0 Å². The van der Waals surface area contributed by atoms with Crippen LogP contribution >= 0.6 is 0 Å². The number of hydrogen-bond acceptors (Lipinski definition) is 3. The molecule has 0 aromatic carbocycles. The standard InChI is InChI=1S/C24H42O3/c1-4-5-6-7-14-24(2,3)19-11-13-21(23(27)16-19)22-17-20(26)12-10-18(22)9-8-15-25/h11,16,18,20-22,25-27H,4-10,12-15,17H2,1-3H3. The zero-order valence-corrected chi connectivity index (χ0v) is 17.8. The van der Waals surface area contributed by atoms with Crippen LogP contribution < -0.4 is 0 Å². The van der Waals surface area contributed by atoms with Gasteiger partial charge in [0.05, 0.1) is 11.9 Å². The average molecular weight is 379 g/mol. The third-order valence-corrected chi connectivity index (χ3v) is 6.98. The highest BCUT2D eigenvalue weighted by Gasteiger charge is 2.38. The fourth-order valence-corrected chi connectivity index (χ4v) is 5.15. The average Bonchev–Trinajstić information content (AvgIpc) is 2.64. The Bertz CT molecular complexity index is 504. The van der Waals surface area contributed by atoms with Crippen LogP contribution in [0.15, 0.2) is 23.5 Å². The van der Waals surface area contributed by atoms with E-state index in [1.165, 1.54) is 31.3 Å². The molecule has 4 unspecified atom stereocenters. The highest BCUT2D eigenvalue weighted by atomic mass is 16.3. The van der Waals surface area contributed by atoms with Gasteiger partial charge < -0.3 is 15.3 Å². The van der Waals surface area contributed by atoms with Gasteiger partial charge in [0, 0.05) is 12.5 Å². The van der Waals surface area contributed by atoms with Crippen LogP contribution in [0.1, 0.15) is 91.4 Å². The number of aliphatic hydroxyl groups is 3. The van der Waals surface area contributed by atoms with Gasteiger partial charge in [-0.05, 0) is 73.8 Å². The summed E-state index contributed by atoms with van der Waals surface area (Å²) in [6, 6.07) is 0. The van der Waals surface area contributed by atoms with Crippen molar-refractivity contribution in [2.24, 2.45) is 23.2 Å². The minimum atomic E-state index is -0.242. The van der Waals surface area contributed by atoms with Gasteiger partial charge in [-0.25, -0.2) is 0 Å². The van der Waals surface area contributed by atoms with Crippen molar-refractivity contribution in [3.05, 3.63) is 23.5 Å². The first-order chi connectivity index (χ1) is 12.9. The molecule has 0 saturated heterocycles. The summed E-state index contributed by atoms with van der Waals surface area (Å²) in [7, 11) is 0. The number of rotatable bonds is 10. The molecule has 2 aliphatic rings. The Kier molecular flexibility index (Phi) is 8.88. The molecule has 0 aromatic heterocycles. The van der Waals surface area contributed by atoms with Crippen molar-refractivity contribution in [1.82, 2.24) is 0 Å². The first kappa shape index (κ1) is 22.5. The van der Waals surface area contributed by atoms with Gasteiger partial charge in [0.2, 0.25) is 0 Å². The molecule has 27 heavy (non-hydrogen) atoms. The van der Waals surface area contributed by atoms with E-state index in [2.05, 4.69) is 26.8 Å². The van der Waals surface area contributed by atoms with Crippen molar-refractivity contribution < 1.29 is 15.3 Å². The van der Waals surface area contributed by atoms with Crippen molar-refractivity contribution in [3.63, 3.8) is 0 Å². The van der Waals surface area contributed by atoms with Gasteiger partial charge in [-0.2, -0.15) is 0 Å². The lowest BCUT2D eigenvalue weighted by molar-refractivity contribution is 0.0352. The summed E-state index contributed by atoms with van der Waals surface area (Å²) >= 11 is 0. The second kappa shape index (κ2) is 10.7. The van der Waals surface area contributed by atoms with Crippen LogP contribution in [0.5, 0.6) is 0 Å². The molecular weight excluding hydrogens is 336 g/mol. The molecule has 0 spiro atoms. The molecule has 2 aliphatic carbocycles. The maximum Gasteiger partial charge on any atom is 0.0962 e. The summed E-state index contributed by atoms with van der Waals surface area (Å²) in [6.45, 7) is 7.06. The van der Waals surface area contributed by atoms with Crippen LogP contribution in [0.2, 0.25) is 0 Å². The molecule has 0 amide bonds. The fraction of sp³-hybridized carbons (Fsp3) is 0.833. The molecule has 2 rings (SSSR count). The highest BCUT2D eigenvalue weighted by molar-refractivity contribution is 5.32. The quantitative estimate of drug-likeness (QED) is 0.413. The van der Waals surface area contributed by atoms with Gasteiger partial charge in [-0.1, -0.05) is 52.5 Å². The molecule has 0 radical (unpaired) electrons. The Hall–Kier alpha value is -0.800. The van der Waals surface area contributed by atoms with E-state index in [0.29, 0.717) is 17.6 Å². The highest BCUT2D eigenvalue weighted by Crippen LogP contribution is 2.45. The fourth-order valence-electron chi connectivity index (χ4n) is 5.15. The lowest BCUT2D eigenvalue weighted by Crippen LogP contribution is -2.35. The molecular formula is C24H42O3. The van der Waals surface area contributed by atoms with Crippen LogP contribution in [-0.4, -0.2) is 28.0 Å². The van der Waals surface area contributed by atoms with Crippen molar-refractivity contribution in [2.45, 2.75) is 97.5 Å². The van der Waals surface area contributed by atoms with Gasteiger partial charge in [0.1, 0.15) is 0 Å². The van der Waals surface area contributed by atoms with Crippen LogP contribution in [0, 0.1) is 23.2 Å². The summed E-state index contributed by atoms with van der Waals surface area (Å²) < 4.78 is 0. The minimum Gasteiger partial charge on any atom is -0.512 e. The van der Waals surface area contributed by atoms with Gasteiger partial charge in [0.25, 0.3) is 0 Å². The Morgan fingerprint density at radius 2 is 1.89 bits per heavy atom. The number of unbranched alkanes of at least 4 members (excludes halogenated alkanes) is 3. The third kappa shape index (κ3) is 6.35. The maximum atomic E-state index is 10.9. The number of allylic oxidation sites excluding steroid dienone is 4. The topological polar surface area (TPSA) is 60.7 Å². The Morgan fingerprint density at radius 3 is 2.56 bits per heavy atom. The lowest BCUT2D eigenvalue weighted by atomic mass is 9.66. The molecule has 0 aliphatic heterocycles. The number of aliphatic hydroxyl groups excluding tert-OH is 3. The van der Waals surface area contributed by atoms with Crippen molar-refractivity contribution in [2.75, 3.05) is 6.61 Å². The molecule has 0 heterocycles. The molecule has 0 bridgehead atoms. The summed E-state index contributed by atoms with van der Waals surface area (Å²) in [5.41, 5.74) is 1.38. The van der Waals surface area contributed by atoms with Gasteiger partial charge in [-0.15, -0.1) is 0 Å². The Balaban J connectivity index is 2.02. The van der Waals surface area contributed by atoms with E-state index in [-0.39, 0.29) is 24.0 Å². The molecule has 156 valence electrons. The SMILES string of the molecule is CCCCCCC(C)(C)C1=CCC(C2CC(O)CCC2CCCO)C(O)=C1. The second-order valence-electron chi connectivity index (χ2n) is 9.52. The molecule has 3 nitrogen and oxygen atoms in total. The van der Waals surface area contributed by atoms with Crippen LogP contribution in [0.25, 0.3) is 0 Å². The zero-order valence-electron chi connectivity index (χ0n) is 17.8. The molecule has 3 heteroatoms.